The van der Waals surface area contributed by atoms with E-state index in [1.54, 1.807) is 12.1 Å². The Bertz CT molecular complexity index is 803. The zero-order valence-electron chi connectivity index (χ0n) is 14.3. The maximum absolute atomic E-state index is 13.0. The topological polar surface area (TPSA) is 44.4 Å². The minimum absolute atomic E-state index is 0.0394. The molecule has 0 spiro atoms. The van der Waals surface area contributed by atoms with Gasteiger partial charge in [-0.3, -0.25) is 4.79 Å². The van der Waals surface area contributed by atoms with Gasteiger partial charge in [0, 0.05) is 41.9 Å². The zero-order valence-corrected chi connectivity index (χ0v) is 15.1. The van der Waals surface area contributed by atoms with Gasteiger partial charge in [-0.15, -0.1) is 0 Å². The molecule has 1 amide bonds. The van der Waals surface area contributed by atoms with Crippen molar-refractivity contribution in [2.75, 3.05) is 23.3 Å². The van der Waals surface area contributed by atoms with Crippen molar-refractivity contribution in [1.82, 2.24) is 5.32 Å². The van der Waals surface area contributed by atoms with Gasteiger partial charge in [0.05, 0.1) is 0 Å². The molecule has 2 aromatic carbocycles. The molecule has 0 bridgehead atoms. The molecular weight excluding hydrogens is 353 g/mol. The lowest BCUT2D eigenvalue weighted by Crippen LogP contribution is -2.48. The molecule has 0 saturated carbocycles. The predicted octanol–water partition coefficient (Wildman–Crippen LogP) is 3.60. The average Bonchev–Trinajstić information content (AvgIpc) is 3.06. The average molecular weight is 374 g/mol. The monoisotopic (exact) mass is 373 g/mol. The van der Waals surface area contributed by atoms with Crippen molar-refractivity contribution in [3.63, 3.8) is 0 Å². The van der Waals surface area contributed by atoms with Crippen LogP contribution in [0.25, 0.3) is 0 Å². The van der Waals surface area contributed by atoms with Crippen LogP contribution in [0.2, 0.25) is 5.02 Å². The van der Waals surface area contributed by atoms with Gasteiger partial charge >= 0.3 is 0 Å². The molecular formula is C20H21ClFN3O. The predicted molar refractivity (Wildman–Crippen MR) is 102 cm³/mol. The van der Waals surface area contributed by atoms with E-state index in [9.17, 15) is 9.18 Å². The molecule has 0 aliphatic carbocycles. The van der Waals surface area contributed by atoms with Crippen LogP contribution in [-0.4, -0.2) is 31.1 Å². The number of benzene rings is 2. The van der Waals surface area contributed by atoms with Crippen molar-refractivity contribution < 1.29 is 9.18 Å². The Kier molecular flexibility index (Phi) is 4.72. The molecule has 2 aromatic rings. The number of halogens is 2. The van der Waals surface area contributed by atoms with E-state index in [0.717, 1.165) is 42.9 Å². The van der Waals surface area contributed by atoms with Gasteiger partial charge < -0.3 is 15.5 Å². The molecule has 2 heterocycles. The van der Waals surface area contributed by atoms with Gasteiger partial charge in [-0.05, 0) is 60.9 Å². The summed E-state index contributed by atoms with van der Waals surface area (Å²) in [5.41, 5.74) is 3.10. The van der Waals surface area contributed by atoms with Crippen LogP contribution in [0.3, 0.4) is 0 Å². The van der Waals surface area contributed by atoms with Crippen LogP contribution < -0.4 is 15.5 Å². The number of fused-ring (bicyclic) bond motifs is 1. The van der Waals surface area contributed by atoms with Gasteiger partial charge in [0.25, 0.3) is 0 Å². The van der Waals surface area contributed by atoms with Crippen LogP contribution in [0.15, 0.2) is 42.5 Å². The fourth-order valence-corrected chi connectivity index (χ4v) is 3.92. The van der Waals surface area contributed by atoms with Crippen molar-refractivity contribution in [2.45, 2.75) is 31.3 Å². The molecule has 0 radical (unpaired) electrons. The number of nitrogens with one attached hydrogen (secondary N) is 2. The second-order valence-electron chi connectivity index (χ2n) is 6.95. The lowest BCUT2D eigenvalue weighted by atomic mass is 10.0. The van der Waals surface area contributed by atoms with E-state index in [0.29, 0.717) is 11.4 Å². The van der Waals surface area contributed by atoms with Crippen LogP contribution in [0.4, 0.5) is 15.8 Å². The minimum Gasteiger partial charge on any atom is -0.373 e. The van der Waals surface area contributed by atoms with Gasteiger partial charge in [-0.25, -0.2) is 4.39 Å². The largest absolute Gasteiger partial charge is 0.373 e. The third-order valence-electron chi connectivity index (χ3n) is 5.17. The first-order valence-corrected chi connectivity index (χ1v) is 9.32. The highest BCUT2D eigenvalue weighted by Gasteiger charge is 2.29. The third kappa shape index (κ3) is 3.63. The van der Waals surface area contributed by atoms with Gasteiger partial charge in [0.2, 0.25) is 5.91 Å². The number of hydrogen-bond donors (Lipinski definition) is 2. The fourth-order valence-electron chi connectivity index (χ4n) is 3.72. The number of piperidine rings is 1. The van der Waals surface area contributed by atoms with Crippen molar-refractivity contribution in [2.24, 2.45) is 0 Å². The van der Waals surface area contributed by atoms with Gasteiger partial charge in [0.15, 0.2) is 0 Å². The number of anilines is 2. The standard InChI is InChI=1S/C20H21ClFN3O/c21-14-1-6-18-13(11-14)12-19(24-18)20(26)23-16-7-9-25(10-8-16)17-4-2-15(22)3-5-17/h1-6,11,16,19,24H,7-10,12H2,(H,23,26)/t19-/m1/s1. The van der Waals surface area contributed by atoms with Crippen molar-refractivity contribution in [3.05, 3.63) is 58.9 Å². The van der Waals surface area contributed by atoms with E-state index in [2.05, 4.69) is 15.5 Å². The highest BCUT2D eigenvalue weighted by atomic mass is 35.5. The second-order valence-corrected chi connectivity index (χ2v) is 7.39. The van der Waals surface area contributed by atoms with Crippen LogP contribution >= 0.6 is 11.6 Å². The summed E-state index contributed by atoms with van der Waals surface area (Å²) in [7, 11) is 0. The maximum atomic E-state index is 13.0. The number of nitrogens with zero attached hydrogens (tertiary/aromatic N) is 1. The quantitative estimate of drug-likeness (QED) is 0.864. The molecule has 136 valence electrons. The molecule has 2 N–H and O–H groups in total. The molecule has 4 nitrogen and oxygen atoms in total. The lowest BCUT2D eigenvalue weighted by Gasteiger charge is -2.34. The number of carbonyl (C=O) groups is 1. The Morgan fingerprint density at radius 1 is 1.15 bits per heavy atom. The molecule has 2 aliphatic heterocycles. The Hall–Kier alpha value is -2.27. The summed E-state index contributed by atoms with van der Waals surface area (Å²) in [6.07, 6.45) is 2.43. The molecule has 1 fully saturated rings. The summed E-state index contributed by atoms with van der Waals surface area (Å²) in [5, 5.41) is 7.14. The molecule has 0 unspecified atom stereocenters. The SMILES string of the molecule is O=C(NC1CCN(c2ccc(F)cc2)CC1)[C@H]1Cc2cc(Cl)ccc2N1. The number of amides is 1. The number of carbonyl (C=O) groups excluding carboxylic acids is 1. The van der Waals surface area contributed by atoms with Crippen LogP contribution in [0.5, 0.6) is 0 Å². The molecule has 6 heteroatoms. The third-order valence-corrected chi connectivity index (χ3v) is 5.41. The zero-order chi connectivity index (χ0) is 18.1. The molecule has 1 saturated heterocycles. The maximum Gasteiger partial charge on any atom is 0.243 e. The highest BCUT2D eigenvalue weighted by Crippen LogP contribution is 2.29. The van der Waals surface area contributed by atoms with Gasteiger partial charge in [-0.2, -0.15) is 0 Å². The van der Waals surface area contributed by atoms with Crippen LogP contribution in [0, 0.1) is 5.82 Å². The molecule has 26 heavy (non-hydrogen) atoms. The molecule has 1 atom stereocenters. The van der Waals surface area contributed by atoms with Gasteiger partial charge in [0.1, 0.15) is 11.9 Å². The summed E-state index contributed by atoms with van der Waals surface area (Å²) >= 11 is 6.03. The summed E-state index contributed by atoms with van der Waals surface area (Å²) in [5.74, 6) is -0.181. The van der Waals surface area contributed by atoms with Crippen LogP contribution in [0.1, 0.15) is 18.4 Å². The van der Waals surface area contributed by atoms with E-state index < -0.39 is 0 Å². The minimum atomic E-state index is -0.237. The normalized spacial score (nSPS) is 19.8. The van der Waals surface area contributed by atoms with E-state index >= 15 is 0 Å². The Morgan fingerprint density at radius 3 is 2.62 bits per heavy atom. The first-order valence-electron chi connectivity index (χ1n) is 8.94. The smallest absolute Gasteiger partial charge is 0.243 e. The van der Waals surface area contributed by atoms with Crippen molar-refractivity contribution in [1.29, 1.82) is 0 Å². The highest BCUT2D eigenvalue weighted by molar-refractivity contribution is 6.30. The lowest BCUT2D eigenvalue weighted by molar-refractivity contribution is -0.122. The van der Waals surface area contributed by atoms with Gasteiger partial charge in [-0.1, -0.05) is 11.6 Å². The first-order chi connectivity index (χ1) is 12.6. The molecule has 0 aromatic heterocycles. The first kappa shape index (κ1) is 17.2. The fraction of sp³-hybridized carbons (Fsp3) is 0.350. The van der Waals surface area contributed by atoms with Crippen molar-refractivity contribution >= 4 is 28.9 Å². The molecule has 2 aliphatic rings. The Morgan fingerprint density at radius 2 is 1.88 bits per heavy atom. The summed E-state index contributed by atoms with van der Waals surface area (Å²) in [6, 6.07) is 12.2. The van der Waals surface area contributed by atoms with E-state index in [1.165, 1.54) is 12.1 Å². The van der Waals surface area contributed by atoms with E-state index in [-0.39, 0.29) is 23.8 Å². The molecule has 4 rings (SSSR count). The summed E-state index contributed by atoms with van der Waals surface area (Å²) in [4.78, 5) is 14.8. The number of rotatable bonds is 3. The Balaban J connectivity index is 1.29. The summed E-state index contributed by atoms with van der Waals surface area (Å²) in [6.45, 7) is 1.70. The summed E-state index contributed by atoms with van der Waals surface area (Å²) < 4.78 is 13.0. The van der Waals surface area contributed by atoms with Crippen LogP contribution in [-0.2, 0) is 11.2 Å². The number of hydrogen-bond acceptors (Lipinski definition) is 3. The van der Waals surface area contributed by atoms with E-state index in [4.69, 9.17) is 11.6 Å². The second kappa shape index (κ2) is 7.16. The Labute approximate surface area is 157 Å². The van der Waals surface area contributed by atoms with Crippen molar-refractivity contribution in [3.8, 4) is 0 Å². The van der Waals surface area contributed by atoms with E-state index in [1.807, 2.05) is 18.2 Å².